The van der Waals surface area contributed by atoms with E-state index in [1.165, 1.54) is 16.3 Å². The van der Waals surface area contributed by atoms with E-state index in [0.717, 1.165) is 44.2 Å². The van der Waals surface area contributed by atoms with Crippen molar-refractivity contribution in [2.75, 3.05) is 19.8 Å². The average Bonchev–Trinajstić information content (AvgIpc) is 3.44. The molecule has 0 spiro atoms. The van der Waals surface area contributed by atoms with Gasteiger partial charge in [-0.05, 0) is 54.9 Å². The van der Waals surface area contributed by atoms with Crippen LogP contribution >= 0.6 is 0 Å². The molecule has 0 radical (unpaired) electrons. The molecule has 3 aromatic rings. The Morgan fingerprint density at radius 1 is 0.881 bits per heavy atom. The van der Waals surface area contributed by atoms with Crippen LogP contribution in [0.2, 0.25) is 0 Å². The number of fused-ring (bicyclic) bond motifs is 1. The largest absolute Gasteiger partial charge is 0.480 e. The number of carbonyl (C=O) groups is 3. The fourth-order valence-corrected chi connectivity index (χ4v) is 4.59. The first-order valence-corrected chi connectivity index (χ1v) is 14.6. The normalized spacial score (nSPS) is 12.8. The van der Waals surface area contributed by atoms with Crippen molar-refractivity contribution >= 4 is 28.6 Å². The number of unbranched alkanes of at least 4 members (excludes halogenated alkanes) is 4. The number of ether oxygens (including phenoxy) is 2. The number of carbonyl (C=O) groups excluding carboxylic acids is 1. The van der Waals surface area contributed by atoms with Crippen LogP contribution in [0.5, 0.6) is 0 Å². The number of oxazole rings is 1. The number of carboxylic acids is 2. The molecule has 228 valence electrons. The highest BCUT2D eigenvalue weighted by Crippen LogP contribution is 2.18. The molecule has 0 saturated heterocycles. The van der Waals surface area contributed by atoms with E-state index < -0.39 is 36.7 Å². The maximum atomic E-state index is 12.9. The maximum absolute atomic E-state index is 12.9. The average molecular weight is 583 g/mol. The summed E-state index contributed by atoms with van der Waals surface area (Å²) in [6, 6.07) is 14.7. The van der Waals surface area contributed by atoms with Gasteiger partial charge < -0.3 is 29.4 Å². The Labute approximate surface area is 246 Å². The highest BCUT2D eigenvalue weighted by Gasteiger charge is 2.36. The maximum Gasteiger partial charge on any atom is 0.336 e. The molecular formula is C32H42N2O8. The smallest absolute Gasteiger partial charge is 0.336 e. The first-order valence-electron chi connectivity index (χ1n) is 14.6. The van der Waals surface area contributed by atoms with E-state index in [-0.39, 0.29) is 12.5 Å². The topological polar surface area (TPSA) is 148 Å². The summed E-state index contributed by atoms with van der Waals surface area (Å²) >= 11 is 0. The van der Waals surface area contributed by atoms with Gasteiger partial charge in [0.15, 0.2) is 18.1 Å². The third-order valence-corrected chi connectivity index (χ3v) is 6.86. The summed E-state index contributed by atoms with van der Waals surface area (Å²) in [6.45, 7) is 3.64. The predicted octanol–water partition coefficient (Wildman–Crippen LogP) is 5.13. The number of nitrogens with one attached hydrogen (secondary N) is 1. The highest BCUT2D eigenvalue weighted by molar-refractivity contribution is 5.88. The molecule has 2 aromatic carbocycles. The molecule has 2 atom stereocenters. The van der Waals surface area contributed by atoms with Gasteiger partial charge >= 0.3 is 11.9 Å². The molecule has 0 aliphatic rings. The first kappa shape index (κ1) is 32.8. The van der Waals surface area contributed by atoms with E-state index in [1.54, 1.807) is 6.26 Å². The van der Waals surface area contributed by atoms with Crippen molar-refractivity contribution in [1.82, 2.24) is 10.3 Å². The van der Waals surface area contributed by atoms with Gasteiger partial charge in [-0.15, -0.1) is 0 Å². The van der Waals surface area contributed by atoms with E-state index in [9.17, 15) is 19.5 Å². The van der Waals surface area contributed by atoms with Crippen molar-refractivity contribution in [1.29, 1.82) is 0 Å². The third kappa shape index (κ3) is 10.9. The summed E-state index contributed by atoms with van der Waals surface area (Å²) in [5.41, 5.74) is 2.13. The lowest BCUT2D eigenvalue weighted by Crippen LogP contribution is -2.49. The number of aryl methyl sites for hydroxylation is 2. The van der Waals surface area contributed by atoms with E-state index in [1.807, 2.05) is 26.0 Å². The van der Waals surface area contributed by atoms with E-state index >= 15 is 0 Å². The number of carboxylic acid groups (broad SMARTS) is 2. The molecule has 1 aromatic heterocycles. The number of rotatable bonds is 20. The molecule has 0 fully saturated rings. The van der Waals surface area contributed by atoms with Crippen LogP contribution in [-0.2, 0) is 36.7 Å². The summed E-state index contributed by atoms with van der Waals surface area (Å²) in [4.78, 5) is 40.2. The minimum absolute atomic E-state index is 0.125. The second kappa shape index (κ2) is 17.3. The molecule has 0 aliphatic carbocycles. The SMILES string of the molecule is CC(C)c1nc(CCCCCOC(C(=O)NCCCCCc2ccc3ccccc3c2)C(OCC(=O)O)C(=O)O)co1. The van der Waals surface area contributed by atoms with Crippen LogP contribution < -0.4 is 5.32 Å². The Hall–Kier alpha value is -3.76. The van der Waals surface area contributed by atoms with E-state index in [4.69, 9.17) is 19.0 Å². The fourth-order valence-electron chi connectivity index (χ4n) is 4.59. The number of nitrogens with zero attached hydrogens (tertiary/aromatic N) is 1. The van der Waals surface area contributed by atoms with Gasteiger partial charge in [-0.2, -0.15) is 0 Å². The number of hydrogen-bond acceptors (Lipinski definition) is 7. The number of aliphatic carboxylic acids is 2. The Bertz CT molecular complexity index is 1290. The summed E-state index contributed by atoms with van der Waals surface area (Å²) in [5.74, 6) is -2.51. The van der Waals surface area contributed by atoms with Gasteiger partial charge in [-0.25, -0.2) is 14.6 Å². The van der Waals surface area contributed by atoms with Crippen molar-refractivity contribution in [2.24, 2.45) is 0 Å². The number of hydrogen-bond donors (Lipinski definition) is 3. The first-order chi connectivity index (χ1) is 20.2. The minimum Gasteiger partial charge on any atom is -0.480 e. The second-order valence-electron chi connectivity index (χ2n) is 10.7. The molecule has 0 saturated carbocycles. The lowest BCUT2D eigenvalue weighted by molar-refractivity contribution is -0.172. The number of amides is 1. The summed E-state index contributed by atoms with van der Waals surface area (Å²) < 4.78 is 16.1. The van der Waals surface area contributed by atoms with Crippen molar-refractivity contribution in [3.8, 4) is 0 Å². The van der Waals surface area contributed by atoms with E-state index in [2.05, 4.69) is 40.6 Å². The predicted molar refractivity (Wildman–Crippen MR) is 157 cm³/mol. The quantitative estimate of drug-likeness (QED) is 0.154. The van der Waals surface area contributed by atoms with Gasteiger partial charge in [0, 0.05) is 19.1 Å². The molecule has 3 rings (SSSR count). The van der Waals surface area contributed by atoms with Crippen molar-refractivity contribution in [3.05, 3.63) is 65.9 Å². The molecule has 42 heavy (non-hydrogen) atoms. The van der Waals surface area contributed by atoms with Crippen LogP contribution in [-0.4, -0.2) is 65.0 Å². The van der Waals surface area contributed by atoms with Gasteiger partial charge in [0.1, 0.15) is 12.9 Å². The zero-order valence-electron chi connectivity index (χ0n) is 24.4. The summed E-state index contributed by atoms with van der Waals surface area (Å²) in [5, 5.41) is 23.7. The molecule has 10 heteroatoms. The Morgan fingerprint density at radius 2 is 1.62 bits per heavy atom. The lowest BCUT2D eigenvalue weighted by Gasteiger charge is -2.23. The Kier molecular flexibility index (Phi) is 13.5. The molecular weight excluding hydrogens is 540 g/mol. The van der Waals surface area contributed by atoms with Crippen LogP contribution in [0.4, 0.5) is 0 Å². The summed E-state index contributed by atoms with van der Waals surface area (Å²) in [6.07, 6.45) is 4.81. The van der Waals surface area contributed by atoms with Crippen LogP contribution in [0.1, 0.15) is 75.4 Å². The standard InChI is InChI=1S/C32H42N2O8/c1-22(2)31-34-26(20-42-31)14-6-4-10-18-40-28(29(32(38)39)41-21-27(35)36)30(37)33-17-9-3-5-11-23-15-16-24-12-7-8-13-25(24)19-23/h7-8,12-13,15-16,19-20,22,28-29H,3-6,9-11,14,17-18,21H2,1-2H3,(H,33,37)(H,35,36)(H,38,39). The van der Waals surface area contributed by atoms with Crippen LogP contribution in [0, 0.1) is 0 Å². The van der Waals surface area contributed by atoms with Gasteiger partial charge in [0.25, 0.3) is 5.91 Å². The van der Waals surface area contributed by atoms with Crippen molar-refractivity contribution in [2.45, 2.75) is 83.3 Å². The van der Waals surface area contributed by atoms with Crippen LogP contribution in [0.15, 0.2) is 53.1 Å². The molecule has 0 bridgehead atoms. The van der Waals surface area contributed by atoms with Gasteiger partial charge in [0.05, 0.1) is 5.69 Å². The van der Waals surface area contributed by atoms with Gasteiger partial charge in [-0.1, -0.05) is 69.2 Å². The highest BCUT2D eigenvalue weighted by atomic mass is 16.6. The summed E-state index contributed by atoms with van der Waals surface area (Å²) in [7, 11) is 0. The minimum atomic E-state index is -1.74. The molecule has 1 amide bonds. The van der Waals surface area contributed by atoms with E-state index in [0.29, 0.717) is 25.3 Å². The number of aromatic nitrogens is 1. The number of benzene rings is 2. The molecule has 10 nitrogen and oxygen atoms in total. The van der Waals surface area contributed by atoms with Crippen LogP contribution in [0.25, 0.3) is 10.8 Å². The second-order valence-corrected chi connectivity index (χ2v) is 10.7. The van der Waals surface area contributed by atoms with Crippen molar-refractivity contribution in [3.63, 3.8) is 0 Å². The molecule has 0 aliphatic heterocycles. The Morgan fingerprint density at radius 3 is 2.33 bits per heavy atom. The van der Waals surface area contributed by atoms with Gasteiger partial charge in [-0.3, -0.25) is 4.79 Å². The lowest BCUT2D eigenvalue weighted by atomic mass is 10.0. The third-order valence-electron chi connectivity index (χ3n) is 6.86. The Balaban J connectivity index is 1.42. The molecule has 3 N–H and O–H groups in total. The monoisotopic (exact) mass is 582 g/mol. The fraction of sp³-hybridized carbons (Fsp3) is 0.500. The van der Waals surface area contributed by atoms with Gasteiger partial charge in [0.2, 0.25) is 0 Å². The molecule has 1 heterocycles. The zero-order valence-corrected chi connectivity index (χ0v) is 24.4. The van der Waals surface area contributed by atoms with Crippen LogP contribution in [0.3, 0.4) is 0 Å². The molecule has 2 unspecified atom stereocenters. The van der Waals surface area contributed by atoms with Crippen molar-refractivity contribution < 1.29 is 38.5 Å². The zero-order chi connectivity index (χ0) is 30.3.